The summed E-state index contributed by atoms with van der Waals surface area (Å²) in [6.07, 6.45) is -2.81. The molecule has 5 N–H and O–H groups in total. The fraction of sp³-hybridized carbons (Fsp3) is 0.462. The maximum atomic E-state index is 12.2. The second kappa shape index (κ2) is 12.1. The molecule has 2 heterocycles. The summed E-state index contributed by atoms with van der Waals surface area (Å²) in [6, 6.07) is 6.10. The SMILES string of the molecule is COC(=O)C1=CO[C@H](O[C@@H]2O[C@H](COC(=O)/C=C/c3ccc(O)cc3)[C@@H](O)[C@H](O)[C@H]2O)[C@@H]2C(CO)=CC[C@H]12. The predicted molar refractivity (Wildman–Crippen MR) is 128 cm³/mol. The van der Waals surface area contributed by atoms with E-state index in [1.165, 1.54) is 31.6 Å². The molecule has 2 aliphatic heterocycles. The minimum atomic E-state index is -1.69. The molecule has 1 saturated heterocycles. The summed E-state index contributed by atoms with van der Waals surface area (Å²) in [5.41, 5.74) is 1.47. The van der Waals surface area contributed by atoms with E-state index in [9.17, 15) is 35.1 Å². The van der Waals surface area contributed by atoms with Crippen molar-refractivity contribution < 1.29 is 58.8 Å². The fourth-order valence-corrected chi connectivity index (χ4v) is 4.68. The lowest BCUT2D eigenvalue weighted by Crippen LogP contribution is -2.60. The number of aliphatic hydroxyl groups is 4. The van der Waals surface area contributed by atoms with Crippen LogP contribution in [0, 0.1) is 11.8 Å². The number of esters is 2. The highest BCUT2D eigenvalue weighted by molar-refractivity contribution is 5.89. The van der Waals surface area contributed by atoms with E-state index in [4.69, 9.17) is 23.7 Å². The van der Waals surface area contributed by atoms with Crippen LogP contribution in [0.1, 0.15) is 12.0 Å². The second-order valence-corrected chi connectivity index (χ2v) is 9.08. The standard InChI is InChI=1S/C26H30O12/c1-34-24(33)17-11-36-25(20-14(10-27)5-8-16(17)20)38-26-23(32)22(31)21(30)18(37-26)12-35-19(29)9-4-13-2-6-15(28)7-3-13/h2-7,9,11,16,18,20-23,25-28,30-32H,8,10,12H2,1H3/b9-4+/t16-,18-,20-,21-,22+,23-,25-,26+/m1/s1. The molecule has 0 bridgehead atoms. The van der Waals surface area contributed by atoms with Gasteiger partial charge in [0, 0.05) is 12.0 Å². The van der Waals surface area contributed by atoms with Gasteiger partial charge in [-0.15, -0.1) is 0 Å². The summed E-state index contributed by atoms with van der Waals surface area (Å²) < 4.78 is 27.0. The number of aromatic hydroxyl groups is 1. The molecule has 1 fully saturated rings. The Labute approximate surface area is 218 Å². The van der Waals surface area contributed by atoms with Gasteiger partial charge < -0.3 is 49.2 Å². The molecule has 0 unspecified atom stereocenters. The Hall–Kier alpha value is -3.26. The zero-order chi connectivity index (χ0) is 27.4. The van der Waals surface area contributed by atoms with E-state index in [1.54, 1.807) is 18.2 Å². The molecule has 12 heteroatoms. The number of benzene rings is 1. The van der Waals surface area contributed by atoms with Crippen LogP contribution in [0.4, 0.5) is 0 Å². The highest BCUT2D eigenvalue weighted by Crippen LogP contribution is 2.44. The first-order chi connectivity index (χ1) is 18.2. The molecule has 12 nitrogen and oxygen atoms in total. The van der Waals surface area contributed by atoms with Gasteiger partial charge in [-0.2, -0.15) is 0 Å². The molecule has 3 aliphatic rings. The van der Waals surface area contributed by atoms with Gasteiger partial charge in [-0.1, -0.05) is 18.2 Å². The molecule has 1 aliphatic carbocycles. The number of fused-ring (bicyclic) bond motifs is 1. The molecule has 1 aromatic carbocycles. The molecular formula is C26H30O12. The van der Waals surface area contributed by atoms with Crippen molar-refractivity contribution in [3.63, 3.8) is 0 Å². The Morgan fingerprint density at radius 1 is 1.08 bits per heavy atom. The quantitative estimate of drug-likeness (QED) is 0.168. The van der Waals surface area contributed by atoms with Crippen LogP contribution in [0.3, 0.4) is 0 Å². The van der Waals surface area contributed by atoms with Crippen molar-refractivity contribution >= 4 is 18.0 Å². The van der Waals surface area contributed by atoms with Crippen LogP contribution >= 0.6 is 0 Å². The summed E-state index contributed by atoms with van der Waals surface area (Å²) >= 11 is 0. The second-order valence-electron chi connectivity index (χ2n) is 9.08. The van der Waals surface area contributed by atoms with Gasteiger partial charge in [-0.3, -0.25) is 0 Å². The zero-order valence-corrected chi connectivity index (χ0v) is 20.5. The molecule has 1 aromatic rings. The monoisotopic (exact) mass is 534 g/mol. The Bertz CT molecular complexity index is 1090. The Morgan fingerprint density at radius 3 is 2.50 bits per heavy atom. The molecule has 0 saturated carbocycles. The van der Waals surface area contributed by atoms with Crippen molar-refractivity contribution in [3.8, 4) is 5.75 Å². The Kier molecular flexibility index (Phi) is 8.82. The average Bonchev–Trinajstić information content (AvgIpc) is 3.36. The molecule has 4 rings (SSSR count). The lowest BCUT2D eigenvalue weighted by molar-refractivity contribution is -0.339. The maximum Gasteiger partial charge on any atom is 0.337 e. The van der Waals surface area contributed by atoms with E-state index in [-0.39, 0.29) is 17.9 Å². The summed E-state index contributed by atoms with van der Waals surface area (Å²) in [4.78, 5) is 24.3. The van der Waals surface area contributed by atoms with Crippen LogP contribution in [0.15, 0.2) is 53.8 Å². The van der Waals surface area contributed by atoms with Crippen molar-refractivity contribution in [2.75, 3.05) is 20.3 Å². The van der Waals surface area contributed by atoms with Crippen molar-refractivity contribution in [2.24, 2.45) is 11.8 Å². The van der Waals surface area contributed by atoms with Crippen LogP contribution in [-0.4, -0.2) is 94.8 Å². The molecular weight excluding hydrogens is 504 g/mol. The number of hydrogen-bond donors (Lipinski definition) is 5. The van der Waals surface area contributed by atoms with Gasteiger partial charge in [-0.05, 0) is 35.8 Å². The summed E-state index contributed by atoms with van der Waals surface area (Å²) in [5, 5.41) is 50.4. The fourth-order valence-electron chi connectivity index (χ4n) is 4.68. The minimum absolute atomic E-state index is 0.0799. The van der Waals surface area contributed by atoms with E-state index >= 15 is 0 Å². The van der Waals surface area contributed by atoms with Gasteiger partial charge in [0.25, 0.3) is 0 Å². The maximum absolute atomic E-state index is 12.2. The summed E-state index contributed by atoms with van der Waals surface area (Å²) in [5.74, 6) is -2.26. The number of phenols is 1. The van der Waals surface area contributed by atoms with Gasteiger partial charge in [-0.25, -0.2) is 9.59 Å². The third-order valence-electron chi connectivity index (χ3n) is 6.75. The van der Waals surface area contributed by atoms with E-state index in [0.29, 0.717) is 17.6 Å². The summed E-state index contributed by atoms with van der Waals surface area (Å²) in [7, 11) is 1.24. The molecule has 0 spiro atoms. The number of aliphatic hydroxyl groups excluding tert-OH is 4. The van der Waals surface area contributed by atoms with Crippen molar-refractivity contribution in [1.29, 1.82) is 0 Å². The first kappa shape index (κ1) is 27.8. The number of allylic oxidation sites excluding steroid dienone is 1. The van der Waals surface area contributed by atoms with E-state index in [1.807, 2.05) is 0 Å². The van der Waals surface area contributed by atoms with Crippen molar-refractivity contribution in [2.45, 2.75) is 43.4 Å². The molecule has 0 amide bonds. The largest absolute Gasteiger partial charge is 0.508 e. The molecule has 0 radical (unpaired) electrons. The Morgan fingerprint density at radius 2 is 1.82 bits per heavy atom. The number of carbonyl (C=O) groups is 2. The zero-order valence-electron chi connectivity index (χ0n) is 20.5. The first-order valence-corrected chi connectivity index (χ1v) is 12.0. The minimum Gasteiger partial charge on any atom is -0.508 e. The lowest BCUT2D eigenvalue weighted by Gasteiger charge is -2.43. The lowest BCUT2D eigenvalue weighted by atomic mass is 9.83. The van der Waals surface area contributed by atoms with Crippen LogP contribution < -0.4 is 0 Å². The number of hydrogen-bond acceptors (Lipinski definition) is 12. The number of rotatable bonds is 8. The van der Waals surface area contributed by atoms with E-state index in [2.05, 4.69) is 0 Å². The normalized spacial score (nSPS) is 32.7. The van der Waals surface area contributed by atoms with Crippen molar-refractivity contribution in [1.82, 2.24) is 0 Å². The highest BCUT2D eigenvalue weighted by atomic mass is 16.8. The molecule has 38 heavy (non-hydrogen) atoms. The third-order valence-corrected chi connectivity index (χ3v) is 6.75. The predicted octanol–water partition coefficient (Wildman–Crippen LogP) is -0.259. The molecule has 8 atom stereocenters. The smallest absolute Gasteiger partial charge is 0.337 e. The number of phenolic OH excluding ortho intramolecular Hbond substituents is 1. The van der Waals surface area contributed by atoms with E-state index in [0.717, 1.165) is 6.08 Å². The van der Waals surface area contributed by atoms with Crippen LogP contribution in [0.2, 0.25) is 0 Å². The van der Waals surface area contributed by atoms with Gasteiger partial charge in [0.05, 0.1) is 31.5 Å². The average molecular weight is 535 g/mol. The van der Waals surface area contributed by atoms with Crippen LogP contribution in [0.25, 0.3) is 6.08 Å². The van der Waals surface area contributed by atoms with Gasteiger partial charge in [0.2, 0.25) is 6.29 Å². The van der Waals surface area contributed by atoms with Crippen LogP contribution in [0.5, 0.6) is 5.75 Å². The molecule has 0 aromatic heterocycles. The molecule has 206 valence electrons. The Balaban J connectivity index is 1.41. The number of carbonyl (C=O) groups excluding carboxylic acids is 2. The number of methoxy groups -OCH3 is 1. The summed E-state index contributed by atoms with van der Waals surface area (Å²) in [6.45, 7) is -0.778. The number of ether oxygens (including phenoxy) is 5. The van der Waals surface area contributed by atoms with E-state index < -0.39 is 67.4 Å². The van der Waals surface area contributed by atoms with Gasteiger partial charge in [0.15, 0.2) is 6.29 Å². The van der Waals surface area contributed by atoms with Crippen LogP contribution in [-0.2, 0) is 33.3 Å². The topological polar surface area (TPSA) is 181 Å². The van der Waals surface area contributed by atoms with Gasteiger partial charge >= 0.3 is 11.9 Å². The van der Waals surface area contributed by atoms with Crippen molar-refractivity contribution in [3.05, 3.63) is 59.4 Å². The first-order valence-electron chi connectivity index (χ1n) is 12.0. The van der Waals surface area contributed by atoms with Gasteiger partial charge in [0.1, 0.15) is 36.8 Å². The highest BCUT2D eigenvalue weighted by Gasteiger charge is 2.50. The third kappa shape index (κ3) is 5.90.